The van der Waals surface area contributed by atoms with Crippen molar-refractivity contribution < 1.29 is 28.2 Å². The standard InChI is InChI=1S/C17H20F2N2O4/c1-4-5-8-25-12-7-6-10(13(18)14(12)19)16(24)21-15(11(23)9-22)17(2,3)20/h6-7,15,22H,8-9,20H2,1-3H3,(H,21,24). The largest absolute Gasteiger partial charge is 0.478 e. The fraction of sp³-hybridized carbons (Fsp3) is 0.412. The molecule has 1 aromatic rings. The summed E-state index contributed by atoms with van der Waals surface area (Å²) in [6.45, 7) is 3.49. The lowest BCUT2D eigenvalue weighted by molar-refractivity contribution is -0.124. The number of ketones is 1. The van der Waals surface area contributed by atoms with Gasteiger partial charge in [0.2, 0.25) is 5.82 Å². The van der Waals surface area contributed by atoms with Crippen LogP contribution in [0.3, 0.4) is 0 Å². The van der Waals surface area contributed by atoms with Gasteiger partial charge in [-0.3, -0.25) is 9.59 Å². The van der Waals surface area contributed by atoms with E-state index >= 15 is 0 Å². The number of hydrogen-bond acceptors (Lipinski definition) is 5. The predicted molar refractivity (Wildman–Crippen MR) is 86.9 cm³/mol. The minimum atomic E-state index is -1.43. The summed E-state index contributed by atoms with van der Waals surface area (Å²) in [4.78, 5) is 23.9. The second-order valence-corrected chi connectivity index (χ2v) is 5.81. The first-order valence-corrected chi connectivity index (χ1v) is 7.37. The monoisotopic (exact) mass is 354 g/mol. The molecule has 6 nitrogen and oxygen atoms in total. The van der Waals surface area contributed by atoms with Crippen molar-refractivity contribution in [3.05, 3.63) is 29.3 Å². The van der Waals surface area contributed by atoms with Crippen molar-refractivity contribution in [2.45, 2.75) is 32.4 Å². The van der Waals surface area contributed by atoms with E-state index in [4.69, 9.17) is 15.6 Å². The van der Waals surface area contributed by atoms with E-state index in [1.54, 1.807) is 6.92 Å². The number of ether oxygens (including phenoxy) is 1. The molecule has 0 radical (unpaired) electrons. The predicted octanol–water partition coefficient (Wildman–Crippen LogP) is 0.764. The molecule has 1 aromatic carbocycles. The fourth-order valence-corrected chi connectivity index (χ4v) is 1.99. The SMILES string of the molecule is CC#CCOc1ccc(C(=O)NC(C(=O)CO)C(C)(C)N)c(F)c1F. The summed E-state index contributed by atoms with van der Waals surface area (Å²) in [6.07, 6.45) is 0. The molecule has 0 saturated carbocycles. The molecule has 0 saturated heterocycles. The quantitative estimate of drug-likeness (QED) is 0.628. The van der Waals surface area contributed by atoms with Gasteiger partial charge in [-0.15, -0.1) is 5.92 Å². The average Bonchev–Trinajstić information content (AvgIpc) is 2.54. The lowest BCUT2D eigenvalue weighted by Gasteiger charge is -2.29. The van der Waals surface area contributed by atoms with Gasteiger partial charge in [0.1, 0.15) is 19.3 Å². The van der Waals surface area contributed by atoms with Crippen molar-refractivity contribution in [3.63, 3.8) is 0 Å². The van der Waals surface area contributed by atoms with Crippen LogP contribution in [0.15, 0.2) is 12.1 Å². The number of hydrogen-bond donors (Lipinski definition) is 3. The molecule has 8 heteroatoms. The number of benzene rings is 1. The third-order valence-corrected chi connectivity index (χ3v) is 3.27. The number of carbonyl (C=O) groups is 2. The molecule has 0 fully saturated rings. The van der Waals surface area contributed by atoms with Crippen molar-refractivity contribution in [2.24, 2.45) is 5.73 Å². The Hall–Kier alpha value is -2.50. The molecule has 4 N–H and O–H groups in total. The Bertz CT molecular complexity index is 718. The van der Waals surface area contributed by atoms with Gasteiger partial charge in [0.25, 0.3) is 5.91 Å². The summed E-state index contributed by atoms with van der Waals surface area (Å²) >= 11 is 0. The Morgan fingerprint density at radius 1 is 1.36 bits per heavy atom. The van der Waals surface area contributed by atoms with Crippen molar-refractivity contribution in [3.8, 4) is 17.6 Å². The number of aliphatic hydroxyl groups excluding tert-OH is 1. The molecule has 0 aliphatic rings. The molecular formula is C17H20F2N2O4. The highest BCUT2D eigenvalue weighted by Crippen LogP contribution is 2.23. The number of rotatable bonds is 7. The van der Waals surface area contributed by atoms with Gasteiger partial charge in [-0.05, 0) is 32.9 Å². The topological polar surface area (TPSA) is 102 Å². The number of nitrogens with two attached hydrogens (primary N) is 1. The van der Waals surface area contributed by atoms with Gasteiger partial charge in [-0.2, -0.15) is 4.39 Å². The van der Waals surface area contributed by atoms with Crippen LogP contribution in [0.1, 0.15) is 31.1 Å². The number of Topliss-reactive ketones (excluding diaryl/α,β-unsaturated/α-hetero) is 1. The first kappa shape index (κ1) is 20.5. The molecule has 0 aliphatic heterocycles. The maximum atomic E-state index is 14.1. The van der Waals surface area contributed by atoms with Crippen LogP contribution in [0.4, 0.5) is 8.78 Å². The maximum Gasteiger partial charge on any atom is 0.255 e. The summed E-state index contributed by atoms with van der Waals surface area (Å²) < 4.78 is 33.1. The molecule has 0 heterocycles. The Balaban J connectivity index is 3.06. The molecule has 1 atom stereocenters. The molecule has 25 heavy (non-hydrogen) atoms. The van der Waals surface area contributed by atoms with Crippen LogP contribution in [-0.2, 0) is 4.79 Å². The van der Waals surface area contributed by atoms with Crippen molar-refractivity contribution in [2.75, 3.05) is 13.2 Å². The van der Waals surface area contributed by atoms with Gasteiger partial charge in [-0.25, -0.2) is 4.39 Å². The van der Waals surface area contributed by atoms with E-state index in [1.165, 1.54) is 13.8 Å². The highest BCUT2D eigenvalue weighted by molar-refractivity contribution is 5.99. The van der Waals surface area contributed by atoms with E-state index in [0.29, 0.717) is 0 Å². The molecule has 0 bridgehead atoms. The van der Waals surface area contributed by atoms with Gasteiger partial charge in [0, 0.05) is 5.54 Å². The Morgan fingerprint density at radius 3 is 2.52 bits per heavy atom. The van der Waals surface area contributed by atoms with Crippen LogP contribution in [0.5, 0.6) is 5.75 Å². The van der Waals surface area contributed by atoms with E-state index in [2.05, 4.69) is 17.2 Å². The Morgan fingerprint density at radius 2 is 2.00 bits per heavy atom. The number of carbonyl (C=O) groups excluding carboxylic acids is 2. The van der Waals surface area contributed by atoms with Crippen LogP contribution < -0.4 is 15.8 Å². The number of aliphatic hydroxyl groups is 1. The van der Waals surface area contributed by atoms with Crippen LogP contribution in [-0.4, -0.2) is 41.6 Å². The van der Waals surface area contributed by atoms with Gasteiger partial charge >= 0.3 is 0 Å². The highest BCUT2D eigenvalue weighted by Gasteiger charge is 2.33. The van der Waals surface area contributed by atoms with Crippen molar-refractivity contribution in [1.29, 1.82) is 0 Å². The normalized spacial score (nSPS) is 12.0. The summed E-state index contributed by atoms with van der Waals surface area (Å²) in [5.74, 6) is 0.109. The summed E-state index contributed by atoms with van der Waals surface area (Å²) in [6, 6.07) is 0.830. The van der Waals surface area contributed by atoms with Gasteiger partial charge in [0.05, 0.1) is 5.56 Å². The molecule has 1 rings (SSSR count). The molecule has 0 spiro atoms. The second-order valence-electron chi connectivity index (χ2n) is 5.81. The summed E-state index contributed by atoms with van der Waals surface area (Å²) in [5, 5.41) is 11.2. The third-order valence-electron chi connectivity index (χ3n) is 3.27. The number of nitrogens with one attached hydrogen (secondary N) is 1. The Labute approximate surface area is 144 Å². The van der Waals surface area contributed by atoms with Crippen LogP contribution in [0.25, 0.3) is 0 Å². The van der Waals surface area contributed by atoms with Crippen LogP contribution >= 0.6 is 0 Å². The minimum absolute atomic E-state index is 0.132. The molecule has 1 amide bonds. The van der Waals surface area contributed by atoms with E-state index < -0.39 is 47.1 Å². The zero-order valence-corrected chi connectivity index (χ0v) is 14.2. The third kappa shape index (κ3) is 5.24. The molecule has 0 aliphatic carbocycles. The van der Waals surface area contributed by atoms with Crippen molar-refractivity contribution >= 4 is 11.7 Å². The van der Waals surface area contributed by atoms with E-state index in [9.17, 15) is 18.4 Å². The molecule has 1 unspecified atom stereocenters. The second kappa shape index (κ2) is 8.55. The molecule has 136 valence electrons. The molecule has 0 aromatic heterocycles. The van der Waals surface area contributed by atoms with Crippen LogP contribution in [0, 0.1) is 23.5 Å². The van der Waals surface area contributed by atoms with Gasteiger partial charge in [0.15, 0.2) is 17.3 Å². The lowest BCUT2D eigenvalue weighted by Crippen LogP contribution is -2.59. The highest BCUT2D eigenvalue weighted by atomic mass is 19.2. The summed E-state index contributed by atoms with van der Waals surface area (Å²) in [7, 11) is 0. The zero-order chi connectivity index (χ0) is 19.2. The first-order chi connectivity index (χ1) is 11.6. The zero-order valence-electron chi connectivity index (χ0n) is 14.2. The van der Waals surface area contributed by atoms with E-state index in [0.717, 1.165) is 12.1 Å². The fourth-order valence-electron chi connectivity index (χ4n) is 1.99. The van der Waals surface area contributed by atoms with Crippen LogP contribution in [0.2, 0.25) is 0 Å². The maximum absolute atomic E-state index is 14.1. The van der Waals surface area contributed by atoms with Crippen molar-refractivity contribution in [1.82, 2.24) is 5.32 Å². The molecular weight excluding hydrogens is 334 g/mol. The van der Waals surface area contributed by atoms with Gasteiger partial charge < -0.3 is 20.9 Å². The number of amides is 1. The van der Waals surface area contributed by atoms with E-state index in [-0.39, 0.29) is 12.4 Å². The number of halogens is 2. The summed E-state index contributed by atoms with van der Waals surface area (Å²) in [5.41, 5.74) is 3.96. The van der Waals surface area contributed by atoms with Gasteiger partial charge in [-0.1, -0.05) is 5.92 Å². The lowest BCUT2D eigenvalue weighted by atomic mass is 9.92. The minimum Gasteiger partial charge on any atom is -0.478 e. The average molecular weight is 354 g/mol. The Kier molecular flexibility index (Phi) is 7.03. The first-order valence-electron chi connectivity index (χ1n) is 7.37. The van der Waals surface area contributed by atoms with E-state index in [1.807, 2.05) is 0 Å². The smallest absolute Gasteiger partial charge is 0.255 e.